The molecule has 1 N–H and O–H groups in total. The van der Waals surface area contributed by atoms with Crippen molar-refractivity contribution in [2.75, 3.05) is 5.32 Å². The quantitative estimate of drug-likeness (QED) is 0.669. The molecule has 27 heavy (non-hydrogen) atoms. The Labute approximate surface area is 156 Å². The van der Waals surface area contributed by atoms with Crippen LogP contribution in [0.25, 0.3) is 6.08 Å². The molecule has 0 atom stereocenters. The Bertz CT molecular complexity index is 965. The van der Waals surface area contributed by atoms with Crippen molar-refractivity contribution < 1.29 is 13.9 Å². The Kier molecular flexibility index (Phi) is 5.56. The minimum Gasteiger partial charge on any atom is -0.421 e. The van der Waals surface area contributed by atoms with Gasteiger partial charge in [-0.1, -0.05) is 42.5 Å². The molecule has 0 fully saturated rings. The van der Waals surface area contributed by atoms with Gasteiger partial charge in [-0.05, 0) is 37.6 Å². The van der Waals surface area contributed by atoms with Crippen molar-refractivity contribution in [3.05, 3.63) is 83.4 Å². The van der Waals surface area contributed by atoms with Crippen molar-refractivity contribution >= 4 is 17.7 Å². The highest BCUT2D eigenvalue weighted by atomic mass is 19.1. The van der Waals surface area contributed by atoms with E-state index in [9.17, 15) is 9.18 Å². The summed E-state index contributed by atoms with van der Waals surface area (Å²) < 4.78 is 19.1. The van der Waals surface area contributed by atoms with Gasteiger partial charge in [0.15, 0.2) is 11.6 Å². The molecule has 0 unspecified atom stereocenters. The normalized spacial score (nSPS) is 10.8. The molecule has 0 saturated heterocycles. The van der Waals surface area contributed by atoms with Gasteiger partial charge in [0.05, 0.1) is 17.1 Å². The molecule has 0 spiro atoms. The Morgan fingerprint density at radius 1 is 1.00 bits per heavy atom. The summed E-state index contributed by atoms with van der Waals surface area (Å²) in [6, 6.07) is 15.5. The minimum atomic E-state index is -0.500. The standard InChI is InChI=1S/C21H18FN3O2/c1-14-20(25-19(26)13-12-16-8-4-3-5-9-16)15(2)24-21(23-14)27-18-11-7-6-10-17(18)22/h3-13H,1-2H3,(H,25,26)/b13-12+. The summed E-state index contributed by atoms with van der Waals surface area (Å²) in [6.45, 7) is 3.44. The summed E-state index contributed by atoms with van der Waals surface area (Å²) in [7, 11) is 0. The van der Waals surface area contributed by atoms with Crippen LogP contribution in [0.15, 0.2) is 60.7 Å². The van der Waals surface area contributed by atoms with Gasteiger partial charge < -0.3 is 10.1 Å². The monoisotopic (exact) mass is 363 g/mol. The number of benzene rings is 2. The molecule has 3 aromatic rings. The van der Waals surface area contributed by atoms with Gasteiger partial charge in [0.2, 0.25) is 5.91 Å². The van der Waals surface area contributed by atoms with Gasteiger partial charge >= 0.3 is 6.01 Å². The lowest BCUT2D eigenvalue weighted by atomic mass is 10.2. The molecule has 5 nitrogen and oxygen atoms in total. The fourth-order valence-electron chi connectivity index (χ4n) is 2.44. The van der Waals surface area contributed by atoms with Crippen LogP contribution in [-0.2, 0) is 4.79 Å². The number of carbonyl (C=O) groups excluding carboxylic acids is 1. The van der Waals surface area contributed by atoms with Crippen molar-refractivity contribution in [1.82, 2.24) is 9.97 Å². The van der Waals surface area contributed by atoms with E-state index in [0.717, 1.165) is 5.56 Å². The predicted molar refractivity (Wildman–Crippen MR) is 102 cm³/mol. The zero-order chi connectivity index (χ0) is 19.2. The number of hydrogen-bond donors (Lipinski definition) is 1. The second kappa shape index (κ2) is 8.23. The molecule has 0 aliphatic heterocycles. The topological polar surface area (TPSA) is 64.1 Å². The van der Waals surface area contributed by atoms with E-state index in [1.165, 1.54) is 18.2 Å². The van der Waals surface area contributed by atoms with Gasteiger partial charge in [0.25, 0.3) is 0 Å². The number of rotatable bonds is 5. The molecule has 0 saturated carbocycles. The number of nitrogens with zero attached hydrogens (tertiary/aromatic N) is 2. The maximum absolute atomic E-state index is 13.7. The van der Waals surface area contributed by atoms with E-state index in [0.29, 0.717) is 17.1 Å². The fraction of sp³-hybridized carbons (Fsp3) is 0.0952. The highest BCUT2D eigenvalue weighted by molar-refractivity contribution is 6.02. The molecule has 3 rings (SSSR count). The van der Waals surface area contributed by atoms with E-state index in [2.05, 4.69) is 15.3 Å². The number of anilines is 1. The molecule has 0 bridgehead atoms. The van der Waals surface area contributed by atoms with E-state index in [4.69, 9.17) is 4.74 Å². The van der Waals surface area contributed by atoms with E-state index in [1.54, 1.807) is 32.1 Å². The summed E-state index contributed by atoms with van der Waals surface area (Å²) in [5.41, 5.74) is 2.47. The molecular formula is C21H18FN3O2. The van der Waals surface area contributed by atoms with E-state index in [-0.39, 0.29) is 17.7 Å². The summed E-state index contributed by atoms with van der Waals surface area (Å²) >= 11 is 0. The van der Waals surface area contributed by atoms with Crippen molar-refractivity contribution in [2.45, 2.75) is 13.8 Å². The molecule has 6 heteroatoms. The number of ether oxygens (including phenoxy) is 1. The van der Waals surface area contributed by atoms with E-state index >= 15 is 0 Å². The van der Waals surface area contributed by atoms with Gasteiger partial charge in [-0.15, -0.1) is 0 Å². The van der Waals surface area contributed by atoms with E-state index < -0.39 is 5.82 Å². The van der Waals surface area contributed by atoms with Gasteiger partial charge in [-0.2, -0.15) is 9.97 Å². The second-order valence-corrected chi connectivity index (χ2v) is 5.82. The van der Waals surface area contributed by atoms with E-state index in [1.807, 2.05) is 30.3 Å². The van der Waals surface area contributed by atoms with Crippen LogP contribution in [0.4, 0.5) is 10.1 Å². The molecule has 136 valence electrons. The number of aryl methyl sites for hydroxylation is 2. The minimum absolute atomic E-state index is 0.0212. The molecule has 1 amide bonds. The number of halogens is 1. The van der Waals surface area contributed by atoms with Gasteiger partial charge in [0, 0.05) is 6.08 Å². The molecule has 1 heterocycles. The highest BCUT2D eigenvalue weighted by Gasteiger charge is 2.13. The van der Waals surface area contributed by atoms with Gasteiger partial charge in [-0.25, -0.2) is 4.39 Å². The lowest BCUT2D eigenvalue weighted by Crippen LogP contribution is -2.12. The van der Waals surface area contributed by atoms with Crippen LogP contribution in [0.2, 0.25) is 0 Å². The Morgan fingerprint density at radius 3 is 2.30 bits per heavy atom. The van der Waals surface area contributed by atoms with Crippen molar-refractivity contribution in [3.8, 4) is 11.8 Å². The van der Waals surface area contributed by atoms with Crippen LogP contribution in [-0.4, -0.2) is 15.9 Å². The maximum atomic E-state index is 13.7. The van der Waals surface area contributed by atoms with Crippen molar-refractivity contribution in [3.63, 3.8) is 0 Å². The Hall–Kier alpha value is -3.54. The average Bonchev–Trinajstić information content (AvgIpc) is 2.66. The first kappa shape index (κ1) is 18.3. The number of nitrogens with one attached hydrogen (secondary N) is 1. The molecule has 1 aromatic heterocycles. The van der Waals surface area contributed by atoms with Crippen LogP contribution in [0.5, 0.6) is 11.8 Å². The highest BCUT2D eigenvalue weighted by Crippen LogP contribution is 2.25. The first-order valence-electron chi connectivity index (χ1n) is 8.34. The third-order valence-electron chi connectivity index (χ3n) is 3.76. The van der Waals surface area contributed by atoms with Gasteiger partial charge in [-0.3, -0.25) is 4.79 Å². The first-order valence-corrected chi connectivity index (χ1v) is 8.34. The Balaban J connectivity index is 1.74. The molecular weight excluding hydrogens is 345 g/mol. The number of para-hydroxylation sites is 1. The van der Waals surface area contributed by atoms with Crippen LogP contribution in [0.3, 0.4) is 0 Å². The van der Waals surface area contributed by atoms with Crippen LogP contribution in [0.1, 0.15) is 17.0 Å². The molecule has 0 radical (unpaired) electrons. The Morgan fingerprint density at radius 2 is 1.63 bits per heavy atom. The predicted octanol–water partition coefficient (Wildman–Crippen LogP) is 4.68. The maximum Gasteiger partial charge on any atom is 0.322 e. The first-order chi connectivity index (χ1) is 13.0. The summed E-state index contributed by atoms with van der Waals surface area (Å²) in [6.07, 6.45) is 3.16. The van der Waals surface area contributed by atoms with Crippen LogP contribution >= 0.6 is 0 Å². The zero-order valence-corrected chi connectivity index (χ0v) is 14.9. The summed E-state index contributed by atoms with van der Waals surface area (Å²) in [5.74, 6) is -0.755. The number of carbonyl (C=O) groups is 1. The lowest BCUT2D eigenvalue weighted by Gasteiger charge is -2.11. The third kappa shape index (κ3) is 4.76. The molecule has 0 aliphatic carbocycles. The number of amides is 1. The second-order valence-electron chi connectivity index (χ2n) is 5.82. The smallest absolute Gasteiger partial charge is 0.322 e. The average molecular weight is 363 g/mol. The van der Waals surface area contributed by atoms with Crippen molar-refractivity contribution in [1.29, 1.82) is 0 Å². The largest absolute Gasteiger partial charge is 0.421 e. The summed E-state index contributed by atoms with van der Waals surface area (Å²) in [4.78, 5) is 20.6. The lowest BCUT2D eigenvalue weighted by molar-refractivity contribution is -0.111. The third-order valence-corrected chi connectivity index (χ3v) is 3.76. The van der Waals surface area contributed by atoms with Crippen LogP contribution in [0, 0.1) is 19.7 Å². The fourth-order valence-corrected chi connectivity index (χ4v) is 2.44. The zero-order valence-electron chi connectivity index (χ0n) is 14.9. The van der Waals surface area contributed by atoms with Crippen LogP contribution < -0.4 is 10.1 Å². The SMILES string of the molecule is Cc1nc(Oc2ccccc2F)nc(C)c1NC(=O)/C=C/c1ccccc1. The van der Waals surface area contributed by atoms with Crippen molar-refractivity contribution in [2.24, 2.45) is 0 Å². The summed E-state index contributed by atoms with van der Waals surface area (Å²) in [5, 5.41) is 2.77. The molecule has 2 aromatic carbocycles. The molecule has 0 aliphatic rings. The van der Waals surface area contributed by atoms with Gasteiger partial charge in [0.1, 0.15) is 0 Å². The number of hydrogen-bond acceptors (Lipinski definition) is 4. The number of aromatic nitrogens is 2.